The van der Waals surface area contributed by atoms with Crippen molar-refractivity contribution < 1.29 is 36.2 Å². The topological polar surface area (TPSA) is 47.3 Å². The van der Waals surface area contributed by atoms with E-state index in [1.54, 1.807) is 0 Å². The van der Waals surface area contributed by atoms with Crippen molar-refractivity contribution in [1.29, 1.82) is 0 Å². The third-order valence-electron chi connectivity index (χ3n) is 2.24. The summed E-state index contributed by atoms with van der Waals surface area (Å²) in [5.41, 5.74) is 5.75. The smallest absolute Gasteiger partial charge is 0.680 e. The van der Waals surface area contributed by atoms with E-state index in [2.05, 4.69) is 11.3 Å². The Bertz CT molecular complexity index is 108. The average molecular weight is 424 g/mol. The minimum absolute atomic E-state index is 0. The number of nitrogens with one attached hydrogen (secondary N) is 1. The van der Waals surface area contributed by atoms with Gasteiger partial charge in [0.25, 0.3) is 0 Å². The number of aliphatic hydroxyl groups is 1. The Kier molecular flexibility index (Phi) is 14.9. The molecule has 1 fully saturated rings. The molecule has 0 bridgehead atoms. The summed E-state index contributed by atoms with van der Waals surface area (Å²) in [5.74, 6) is 0. The van der Waals surface area contributed by atoms with Crippen molar-refractivity contribution in [3.63, 3.8) is 0 Å². The summed E-state index contributed by atoms with van der Waals surface area (Å²) < 4.78 is 0. The molecule has 4 heteroatoms. The number of piperidine rings is 1. The minimum atomic E-state index is -0.118. The monoisotopic (exact) mass is 424 g/mol. The van der Waals surface area contributed by atoms with Gasteiger partial charge < -0.3 is 22.2 Å². The van der Waals surface area contributed by atoms with Crippen molar-refractivity contribution >= 4 is 0 Å². The first-order valence-corrected chi connectivity index (χ1v) is 5.05. The predicted octanol–water partition coefficient (Wildman–Crippen LogP) is 1.73. The number of aliphatic hydroxyl groups excluding tert-OH is 1. The Hall–Kier alpha value is 0.932. The van der Waals surface area contributed by atoms with Crippen LogP contribution in [0.5, 0.6) is 0 Å². The Morgan fingerprint density at radius 2 is 1.86 bits per heavy atom. The van der Waals surface area contributed by atoms with Crippen LogP contribution in [0.4, 0.5) is 0 Å². The second kappa shape index (κ2) is 12.0. The van der Waals surface area contributed by atoms with E-state index in [9.17, 15) is 5.11 Å². The molecule has 0 aromatic rings. The zero-order valence-corrected chi connectivity index (χ0v) is 13.5. The van der Waals surface area contributed by atoms with E-state index in [4.69, 9.17) is 5.73 Å². The molecule has 1 heterocycles. The van der Waals surface area contributed by atoms with Gasteiger partial charge in [-0.1, -0.05) is 6.92 Å². The van der Waals surface area contributed by atoms with Crippen molar-refractivity contribution in [1.82, 2.24) is 4.90 Å². The van der Waals surface area contributed by atoms with Gasteiger partial charge in [-0.25, -0.2) is 0 Å². The molecule has 1 unspecified atom stereocenters. The summed E-state index contributed by atoms with van der Waals surface area (Å²) in [7, 11) is 1.25. The first-order chi connectivity index (χ1) is 6.33. The van der Waals surface area contributed by atoms with Gasteiger partial charge in [0.2, 0.25) is 0 Å². The number of likely N-dealkylation sites (tertiary alicyclic amines) is 1. The molecule has 0 amide bonds. The first kappa shape index (κ1) is 17.3. The summed E-state index contributed by atoms with van der Waals surface area (Å²) in [4.78, 5) is 2.34. The van der Waals surface area contributed by atoms with Crippen LogP contribution in [0.1, 0.15) is 26.2 Å². The Balaban J connectivity index is 0. The maximum Gasteiger partial charge on any atom is 2.00 e. The van der Waals surface area contributed by atoms with E-state index < -0.39 is 0 Å². The largest absolute Gasteiger partial charge is 2.00 e. The van der Waals surface area contributed by atoms with Crippen LogP contribution < -0.4 is 0 Å². The molecule has 1 aliphatic heterocycles. The predicted molar refractivity (Wildman–Crippen MR) is 56.5 cm³/mol. The van der Waals surface area contributed by atoms with Gasteiger partial charge in [-0.05, 0) is 19.5 Å². The van der Waals surface area contributed by atoms with E-state index in [-0.39, 0.29) is 37.2 Å². The van der Waals surface area contributed by atoms with Gasteiger partial charge in [0, 0.05) is 6.54 Å². The summed E-state index contributed by atoms with van der Waals surface area (Å²) in [6.45, 7) is 5.17. The number of hydrogen-bond donors (Lipinski definition) is 1. The fraction of sp³-hybridized carbons (Fsp3) is 0.900. The van der Waals surface area contributed by atoms with Crippen LogP contribution in [0.25, 0.3) is 5.73 Å². The van der Waals surface area contributed by atoms with Crippen LogP contribution in [-0.2, 0) is 0 Å². The molecular formula is C10H22N2OU. The van der Waals surface area contributed by atoms with E-state index in [0.29, 0.717) is 0 Å². The summed E-state index contributed by atoms with van der Waals surface area (Å²) >= 11 is 0. The second-order valence-corrected chi connectivity index (χ2v) is 3.23. The number of nitrogens with zero attached hydrogens (tertiary/aromatic N) is 1. The van der Waals surface area contributed by atoms with Gasteiger partial charge in [0.05, 0.1) is 6.10 Å². The Labute approximate surface area is 112 Å². The van der Waals surface area contributed by atoms with Crippen molar-refractivity contribution in [2.24, 2.45) is 0 Å². The molecule has 3 nitrogen and oxygen atoms in total. The van der Waals surface area contributed by atoms with Crippen molar-refractivity contribution in [2.75, 3.05) is 26.7 Å². The van der Waals surface area contributed by atoms with Crippen LogP contribution in [0.3, 0.4) is 0 Å². The molecule has 1 aliphatic rings. The van der Waals surface area contributed by atoms with Gasteiger partial charge >= 0.3 is 31.1 Å². The molecule has 1 rings (SSSR count). The third-order valence-corrected chi connectivity index (χ3v) is 2.24. The third kappa shape index (κ3) is 8.26. The van der Waals surface area contributed by atoms with Gasteiger partial charge in [0.1, 0.15) is 0 Å². The molecule has 0 spiro atoms. The maximum atomic E-state index is 9.36. The molecule has 1 atom stereocenters. The van der Waals surface area contributed by atoms with Crippen molar-refractivity contribution in [2.45, 2.75) is 32.3 Å². The quantitative estimate of drug-likeness (QED) is 0.702. The molecule has 0 aromatic carbocycles. The van der Waals surface area contributed by atoms with Gasteiger partial charge in [-0.15, -0.1) is 0 Å². The van der Waals surface area contributed by atoms with E-state index >= 15 is 0 Å². The average Bonchev–Trinajstić information content (AvgIpc) is 2.22. The fourth-order valence-corrected chi connectivity index (χ4v) is 1.41. The molecule has 0 saturated carbocycles. The van der Waals surface area contributed by atoms with Crippen LogP contribution in [0, 0.1) is 37.5 Å². The molecule has 1 saturated heterocycles. The zero-order valence-electron chi connectivity index (χ0n) is 9.29. The van der Waals surface area contributed by atoms with E-state index in [1.807, 2.05) is 6.92 Å². The van der Waals surface area contributed by atoms with Crippen molar-refractivity contribution in [3.05, 3.63) is 12.2 Å². The molecule has 0 aliphatic carbocycles. The Morgan fingerprint density at radius 1 is 1.36 bits per heavy atom. The minimum Gasteiger partial charge on any atom is -0.680 e. The summed E-state index contributed by atoms with van der Waals surface area (Å²) in [6.07, 6.45) is 5.47. The van der Waals surface area contributed by atoms with Crippen LogP contribution >= 0.6 is 0 Å². The first-order valence-electron chi connectivity index (χ1n) is 5.05. The van der Waals surface area contributed by atoms with E-state index in [1.165, 1.54) is 19.9 Å². The normalized spacial score (nSPS) is 18.9. The SMILES string of the molecule is CCC(O)CN1CC[CH-]CC1.C[NH-].[U+2]. The Morgan fingerprint density at radius 3 is 2.29 bits per heavy atom. The van der Waals surface area contributed by atoms with Crippen LogP contribution in [0.15, 0.2) is 0 Å². The molecule has 14 heavy (non-hydrogen) atoms. The van der Waals surface area contributed by atoms with Gasteiger partial charge in [-0.2, -0.15) is 19.9 Å². The fourth-order valence-electron chi connectivity index (χ4n) is 1.41. The van der Waals surface area contributed by atoms with Gasteiger partial charge in [0.15, 0.2) is 0 Å². The number of rotatable bonds is 3. The van der Waals surface area contributed by atoms with E-state index in [0.717, 1.165) is 26.1 Å². The van der Waals surface area contributed by atoms with Crippen LogP contribution in [-0.4, -0.2) is 42.8 Å². The maximum absolute atomic E-state index is 9.36. The van der Waals surface area contributed by atoms with Gasteiger partial charge in [-0.3, -0.25) is 0 Å². The van der Waals surface area contributed by atoms with Crippen molar-refractivity contribution in [3.8, 4) is 0 Å². The molecule has 82 valence electrons. The molecule has 0 radical (unpaired) electrons. The molecule has 2 N–H and O–H groups in total. The molecule has 0 aromatic heterocycles. The number of β-amino-alcohol motifs (C(OH)–C–C–N with tert-alkyl or cyclic N) is 1. The molecular weight excluding hydrogens is 402 g/mol. The standard InChI is InChI=1S/C9H18NO.CH4N.U/c1-2-9(11)8-10-6-4-3-5-7-10;1-2;/h3,9,11H,2,4-8H2,1H3;2H,1H3;/q2*-1;+2. The second-order valence-electron chi connectivity index (χ2n) is 3.23. The van der Waals surface area contributed by atoms with Crippen LogP contribution in [0.2, 0.25) is 0 Å². The number of hydrogen-bond acceptors (Lipinski definition) is 2. The summed E-state index contributed by atoms with van der Waals surface area (Å²) in [5, 5.41) is 9.36. The zero-order chi connectivity index (χ0) is 10.1. The summed E-state index contributed by atoms with van der Waals surface area (Å²) in [6, 6.07) is 0.